The Kier molecular flexibility index (Phi) is 6.21. The standard InChI is InChI=1S/C19H34N4O.HI/c1-20-18(21-13-19(22(2)3)9-5-4-6-10-19)23-11-14-15(12-23)17-8-7-16(14)24-17;/h14-17H,4-13H2,1-3H3,(H,20,21);1H. The van der Waals surface area contributed by atoms with Gasteiger partial charge in [0, 0.05) is 44.1 Å². The number of hydrogen-bond donors (Lipinski definition) is 1. The highest BCUT2D eigenvalue weighted by atomic mass is 127. The minimum Gasteiger partial charge on any atom is -0.374 e. The van der Waals surface area contributed by atoms with Gasteiger partial charge in [-0.2, -0.15) is 0 Å². The van der Waals surface area contributed by atoms with Gasteiger partial charge in [-0.1, -0.05) is 19.3 Å². The number of rotatable bonds is 3. The molecule has 4 aliphatic rings. The van der Waals surface area contributed by atoms with E-state index in [1.54, 1.807) is 0 Å². The lowest BCUT2D eigenvalue weighted by molar-refractivity contribution is 0.0761. The van der Waals surface area contributed by atoms with E-state index in [4.69, 9.17) is 4.74 Å². The molecular weight excluding hydrogens is 427 g/mol. The maximum Gasteiger partial charge on any atom is 0.193 e. The van der Waals surface area contributed by atoms with Crippen molar-refractivity contribution in [2.24, 2.45) is 16.8 Å². The summed E-state index contributed by atoms with van der Waals surface area (Å²) in [5.41, 5.74) is 0.298. The molecule has 1 saturated carbocycles. The lowest BCUT2D eigenvalue weighted by Crippen LogP contribution is -2.55. The first-order valence-corrected chi connectivity index (χ1v) is 9.91. The zero-order valence-electron chi connectivity index (χ0n) is 16.0. The number of aliphatic imine (C=N–C) groups is 1. The summed E-state index contributed by atoms with van der Waals surface area (Å²) in [6.45, 7) is 3.27. The molecule has 1 N–H and O–H groups in total. The number of ether oxygens (including phenoxy) is 1. The fourth-order valence-electron chi connectivity index (χ4n) is 5.70. The Balaban J connectivity index is 0.00000182. The van der Waals surface area contributed by atoms with Crippen LogP contribution in [-0.4, -0.2) is 74.3 Å². The van der Waals surface area contributed by atoms with Gasteiger partial charge in [-0.15, -0.1) is 24.0 Å². The van der Waals surface area contributed by atoms with Gasteiger partial charge >= 0.3 is 0 Å². The number of hydrogen-bond acceptors (Lipinski definition) is 3. The van der Waals surface area contributed by atoms with Crippen molar-refractivity contribution in [2.75, 3.05) is 40.8 Å². The van der Waals surface area contributed by atoms with E-state index >= 15 is 0 Å². The van der Waals surface area contributed by atoms with Gasteiger partial charge in [-0.05, 0) is 39.8 Å². The summed E-state index contributed by atoms with van der Waals surface area (Å²) in [5.74, 6) is 2.58. The molecule has 4 fully saturated rings. The Bertz CT molecular complexity index is 474. The molecule has 4 atom stereocenters. The van der Waals surface area contributed by atoms with Crippen molar-refractivity contribution in [3.05, 3.63) is 0 Å². The number of fused-ring (bicyclic) bond motifs is 5. The monoisotopic (exact) mass is 462 g/mol. The second-order valence-electron chi connectivity index (χ2n) is 8.60. The highest BCUT2D eigenvalue weighted by molar-refractivity contribution is 14.0. The third kappa shape index (κ3) is 3.55. The second kappa shape index (κ2) is 7.89. The van der Waals surface area contributed by atoms with Gasteiger partial charge in [0.25, 0.3) is 0 Å². The molecule has 0 radical (unpaired) electrons. The summed E-state index contributed by atoms with van der Waals surface area (Å²) in [4.78, 5) is 9.55. The molecule has 0 spiro atoms. The van der Waals surface area contributed by atoms with Gasteiger partial charge in [0.05, 0.1) is 12.2 Å². The van der Waals surface area contributed by atoms with Crippen molar-refractivity contribution in [1.29, 1.82) is 0 Å². The number of likely N-dealkylation sites (N-methyl/N-ethyl adjacent to an activating group) is 1. The number of guanidine groups is 1. The zero-order chi connectivity index (χ0) is 16.7. The maximum atomic E-state index is 6.11. The summed E-state index contributed by atoms with van der Waals surface area (Å²) in [6, 6.07) is 0. The van der Waals surface area contributed by atoms with Crippen molar-refractivity contribution < 1.29 is 4.74 Å². The smallest absolute Gasteiger partial charge is 0.193 e. The van der Waals surface area contributed by atoms with Crippen molar-refractivity contribution in [2.45, 2.75) is 62.7 Å². The molecule has 3 aliphatic heterocycles. The average Bonchev–Trinajstić information content (AvgIpc) is 3.29. The summed E-state index contributed by atoms with van der Waals surface area (Å²) >= 11 is 0. The first-order chi connectivity index (χ1) is 11.6. The molecule has 4 rings (SSSR count). The Morgan fingerprint density at radius 1 is 1.12 bits per heavy atom. The molecule has 0 aromatic carbocycles. The van der Waals surface area contributed by atoms with Gasteiger partial charge in [0.15, 0.2) is 5.96 Å². The minimum absolute atomic E-state index is 0. The van der Waals surface area contributed by atoms with E-state index in [9.17, 15) is 0 Å². The molecule has 0 amide bonds. The molecule has 3 saturated heterocycles. The highest BCUT2D eigenvalue weighted by Gasteiger charge is 2.53. The molecule has 5 nitrogen and oxygen atoms in total. The first-order valence-electron chi connectivity index (χ1n) is 9.91. The van der Waals surface area contributed by atoms with Crippen molar-refractivity contribution >= 4 is 29.9 Å². The van der Waals surface area contributed by atoms with Crippen LogP contribution >= 0.6 is 24.0 Å². The summed E-state index contributed by atoms with van der Waals surface area (Å²) < 4.78 is 6.11. The molecular formula is C19H35IN4O. The largest absolute Gasteiger partial charge is 0.374 e. The Morgan fingerprint density at radius 2 is 1.72 bits per heavy atom. The third-order valence-electron chi connectivity index (χ3n) is 7.27. The minimum atomic E-state index is 0. The second-order valence-corrected chi connectivity index (χ2v) is 8.60. The fourth-order valence-corrected chi connectivity index (χ4v) is 5.70. The van der Waals surface area contributed by atoms with Crippen LogP contribution in [0.4, 0.5) is 0 Å². The van der Waals surface area contributed by atoms with Gasteiger partial charge in [-0.3, -0.25) is 4.99 Å². The van der Waals surface area contributed by atoms with E-state index in [2.05, 4.69) is 34.2 Å². The summed E-state index contributed by atoms with van der Waals surface area (Å²) in [6.07, 6.45) is 10.3. The Labute approximate surface area is 170 Å². The van der Waals surface area contributed by atoms with Crippen LogP contribution < -0.4 is 5.32 Å². The fraction of sp³-hybridized carbons (Fsp3) is 0.947. The number of nitrogens with zero attached hydrogens (tertiary/aromatic N) is 3. The molecule has 6 heteroatoms. The SMILES string of the molecule is CN=C(NCC1(N(C)C)CCCCC1)N1CC2C3CCC(O3)C2C1.I. The number of nitrogens with one attached hydrogen (secondary N) is 1. The summed E-state index contributed by atoms with van der Waals surface area (Å²) in [5, 5.41) is 3.74. The predicted octanol–water partition coefficient (Wildman–Crippen LogP) is 2.55. The first kappa shape index (κ1) is 19.7. The number of halogens is 1. The van der Waals surface area contributed by atoms with E-state index in [1.807, 2.05) is 7.05 Å². The average molecular weight is 462 g/mol. The van der Waals surface area contributed by atoms with Crippen LogP contribution in [0.5, 0.6) is 0 Å². The van der Waals surface area contributed by atoms with E-state index in [-0.39, 0.29) is 24.0 Å². The van der Waals surface area contributed by atoms with Crippen molar-refractivity contribution in [3.8, 4) is 0 Å². The predicted molar refractivity (Wildman–Crippen MR) is 113 cm³/mol. The molecule has 0 aromatic heterocycles. The topological polar surface area (TPSA) is 40.1 Å². The van der Waals surface area contributed by atoms with Gasteiger partial charge < -0.3 is 19.9 Å². The molecule has 0 aromatic rings. The van der Waals surface area contributed by atoms with Crippen LogP contribution in [0.1, 0.15) is 44.9 Å². The molecule has 3 heterocycles. The number of likely N-dealkylation sites (tertiary alicyclic amines) is 1. The van der Waals surface area contributed by atoms with Crippen LogP contribution in [0.25, 0.3) is 0 Å². The van der Waals surface area contributed by atoms with Crippen LogP contribution in [-0.2, 0) is 4.74 Å². The maximum absolute atomic E-state index is 6.11. The quantitative estimate of drug-likeness (QED) is 0.398. The van der Waals surface area contributed by atoms with E-state index < -0.39 is 0 Å². The van der Waals surface area contributed by atoms with Gasteiger partial charge in [0.1, 0.15) is 0 Å². The normalized spacial score (nSPS) is 36.5. The van der Waals surface area contributed by atoms with Crippen LogP contribution in [0.2, 0.25) is 0 Å². The lowest BCUT2D eigenvalue weighted by Gasteiger charge is -2.43. The van der Waals surface area contributed by atoms with E-state index in [0.29, 0.717) is 17.7 Å². The third-order valence-corrected chi connectivity index (χ3v) is 7.27. The van der Waals surface area contributed by atoms with Crippen molar-refractivity contribution in [3.63, 3.8) is 0 Å². The van der Waals surface area contributed by atoms with Crippen LogP contribution in [0, 0.1) is 11.8 Å². The van der Waals surface area contributed by atoms with Gasteiger partial charge in [-0.25, -0.2) is 0 Å². The molecule has 2 bridgehead atoms. The molecule has 1 aliphatic carbocycles. The zero-order valence-corrected chi connectivity index (χ0v) is 18.4. The van der Waals surface area contributed by atoms with Gasteiger partial charge in [0.2, 0.25) is 0 Å². The van der Waals surface area contributed by atoms with E-state index in [0.717, 1.165) is 37.4 Å². The molecule has 25 heavy (non-hydrogen) atoms. The van der Waals surface area contributed by atoms with E-state index in [1.165, 1.54) is 44.9 Å². The summed E-state index contributed by atoms with van der Waals surface area (Å²) in [7, 11) is 6.42. The van der Waals surface area contributed by atoms with Crippen LogP contribution in [0.15, 0.2) is 4.99 Å². The molecule has 144 valence electrons. The Morgan fingerprint density at radius 3 is 2.24 bits per heavy atom. The van der Waals surface area contributed by atoms with Crippen LogP contribution in [0.3, 0.4) is 0 Å². The highest BCUT2D eigenvalue weighted by Crippen LogP contribution is 2.47. The molecule has 4 unspecified atom stereocenters. The van der Waals surface area contributed by atoms with Crippen molar-refractivity contribution in [1.82, 2.24) is 15.1 Å². The lowest BCUT2D eigenvalue weighted by atomic mass is 9.80. The Hall–Kier alpha value is -0.0800.